The number of anilines is 1. The van der Waals surface area contributed by atoms with Crippen molar-refractivity contribution in [3.63, 3.8) is 0 Å². The van der Waals surface area contributed by atoms with Crippen LogP contribution in [0.25, 0.3) is 0 Å². The molecular formula is C25H29N5O3. The van der Waals surface area contributed by atoms with Gasteiger partial charge in [0.05, 0.1) is 5.69 Å². The molecule has 1 unspecified atom stereocenters. The molecule has 0 spiro atoms. The molecule has 0 aliphatic carbocycles. The van der Waals surface area contributed by atoms with Gasteiger partial charge < -0.3 is 14.4 Å². The topological polar surface area (TPSA) is 70.5 Å². The van der Waals surface area contributed by atoms with Gasteiger partial charge in [0, 0.05) is 57.2 Å². The predicted octanol–water partition coefficient (Wildman–Crippen LogP) is 2.21. The van der Waals surface area contributed by atoms with Gasteiger partial charge in [-0.1, -0.05) is 12.1 Å². The van der Waals surface area contributed by atoms with E-state index < -0.39 is 5.54 Å². The van der Waals surface area contributed by atoms with E-state index in [1.54, 1.807) is 23.4 Å². The molecule has 1 aromatic carbocycles. The Morgan fingerprint density at radius 3 is 2.70 bits per heavy atom. The summed E-state index contributed by atoms with van der Waals surface area (Å²) in [5.74, 6) is 2.32. The molecule has 1 fully saturated rings. The van der Waals surface area contributed by atoms with Gasteiger partial charge in [0.15, 0.2) is 17.0 Å². The Kier molecular flexibility index (Phi) is 5.76. The number of rotatable bonds is 6. The van der Waals surface area contributed by atoms with E-state index in [-0.39, 0.29) is 5.91 Å². The van der Waals surface area contributed by atoms with E-state index >= 15 is 0 Å². The normalized spacial score (nSPS) is 22.9. The van der Waals surface area contributed by atoms with Gasteiger partial charge in [0.25, 0.3) is 5.91 Å². The van der Waals surface area contributed by atoms with Gasteiger partial charge in [-0.2, -0.15) is 0 Å². The van der Waals surface area contributed by atoms with Crippen molar-refractivity contribution in [2.45, 2.75) is 12.5 Å². The number of pyridine rings is 1. The fourth-order valence-corrected chi connectivity index (χ4v) is 4.74. The Morgan fingerprint density at radius 2 is 1.94 bits per heavy atom. The number of carbonyl (C=O) groups excluding carboxylic acids is 1. The van der Waals surface area contributed by atoms with E-state index in [0.717, 1.165) is 48.9 Å². The summed E-state index contributed by atoms with van der Waals surface area (Å²) in [4.78, 5) is 28.9. The monoisotopic (exact) mass is 447 g/mol. The molecule has 0 N–H and O–H groups in total. The van der Waals surface area contributed by atoms with Gasteiger partial charge in [-0.15, -0.1) is 6.58 Å². The highest BCUT2D eigenvalue weighted by atomic mass is 16.6. The van der Waals surface area contributed by atoms with Crippen molar-refractivity contribution >= 4 is 17.4 Å². The van der Waals surface area contributed by atoms with Gasteiger partial charge >= 0.3 is 0 Å². The molecular weight excluding hydrogens is 418 g/mol. The first-order valence-electron chi connectivity index (χ1n) is 11.4. The molecule has 1 saturated heterocycles. The molecule has 3 aliphatic rings. The first-order valence-corrected chi connectivity index (χ1v) is 11.4. The summed E-state index contributed by atoms with van der Waals surface area (Å²) in [6.45, 7) is 11.3. The molecule has 172 valence electrons. The number of amides is 1. The van der Waals surface area contributed by atoms with Crippen LogP contribution in [0.15, 0.2) is 60.4 Å². The third-order valence-corrected chi connectivity index (χ3v) is 6.34. The maximum atomic E-state index is 13.4. The van der Waals surface area contributed by atoms with Crippen molar-refractivity contribution < 1.29 is 14.3 Å². The molecule has 0 radical (unpaired) electrons. The third-order valence-electron chi connectivity index (χ3n) is 6.34. The minimum Gasteiger partial charge on any atom is -0.486 e. The smallest absolute Gasteiger partial charge is 0.257 e. The van der Waals surface area contributed by atoms with Crippen molar-refractivity contribution in [3.05, 3.63) is 60.9 Å². The number of nitrogens with zero attached hydrogens (tertiary/aromatic N) is 5. The molecule has 1 amide bonds. The first-order chi connectivity index (χ1) is 16.1. The SMILES string of the molecule is C=CCN1C(=O)C(C)(CN2CCN(c3cccc4c3OCCO4)CC2)N=C1c1cccnc1. The van der Waals surface area contributed by atoms with Crippen LogP contribution in [0.5, 0.6) is 11.5 Å². The second-order valence-corrected chi connectivity index (χ2v) is 8.72. The number of carbonyl (C=O) groups is 1. The Labute approximate surface area is 194 Å². The number of fused-ring (bicyclic) bond motifs is 1. The zero-order chi connectivity index (χ0) is 22.8. The lowest BCUT2D eigenvalue weighted by molar-refractivity contribution is -0.130. The highest BCUT2D eigenvalue weighted by Gasteiger charge is 2.46. The van der Waals surface area contributed by atoms with Crippen LogP contribution >= 0.6 is 0 Å². The van der Waals surface area contributed by atoms with Gasteiger partial charge in [-0.25, -0.2) is 4.99 Å². The standard InChI is InChI=1S/C25H29N5O3/c1-3-10-30-23(19-6-5-9-26-17-19)27-25(2,24(30)31)18-28-11-13-29(14-12-28)20-7-4-8-21-22(20)33-16-15-32-21/h3-9,17H,1,10-16,18H2,2H3. The molecule has 2 aromatic rings. The third kappa shape index (κ3) is 4.06. The predicted molar refractivity (Wildman–Crippen MR) is 127 cm³/mol. The summed E-state index contributed by atoms with van der Waals surface area (Å²) in [7, 11) is 0. The van der Waals surface area contributed by atoms with Crippen molar-refractivity contribution in [2.75, 3.05) is 57.4 Å². The maximum absolute atomic E-state index is 13.4. The minimum atomic E-state index is -0.834. The van der Waals surface area contributed by atoms with E-state index in [1.165, 1.54) is 0 Å². The number of benzene rings is 1. The van der Waals surface area contributed by atoms with Crippen LogP contribution in [0.2, 0.25) is 0 Å². The van der Waals surface area contributed by atoms with Crippen LogP contribution in [0.4, 0.5) is 5.69 Å². The van der Waals surface area contributed by atoms with Crippen LogP contribution in [-0.2, 0) is 4.79 Å². The number of aromatic nitrogens is 1. The molecule has 5 rings (SSSR count). The molecule has 4 heterocycles. The van der Waals surface area contributed by atoms with Gasteiger partial charge in [0.1, 0.15) is 19.0 Å². The van der Waals surface area contributed by atoms with Gasteiger partial charge in [0.2, 0.25) is 0 Å². The number of ether oxygens (including phenoxy) is 2. The average Bonchev–Trinajstić information content (AvgIpc) is 3.10. The van der Waals surface area contributed by atoms with E-state index in [4.69, 9.17) is 14.5 Å². The van der Waals surface area contributed by atoms with Gasteiger partial charge in [-0.05, 0) is 31.2 Å². The molecule has 3 aliphatic heterocycles. The number of aliphatic imine (C=N–C) groups is 1. The number of hydrogen-bond donors (Lipinski definition) is 0. The van der Waals surface area contributed by atoms with Crippen LogP contribution in [0.3, 0.4) is 0 Å². The number of hydrogen-bond acceptors (Lipinski definition) is 7. The Bertz CT molecular complexity index is 1060. The summed E-state index contributed by atoms with van der Waals surface area (Å²) in [5, 5.41) is 0. The van der Waals surface area contributed by atoms with E-state index in [9.17, 15) is 4.79 Å². The maximum Gasteiger partial charge on any atom is 0.257 e. The lowest BCUT2D eigenvalue weighted by atomic mass is 10.0. The lowest BCUT2D eigenvalue weighted by Gasteiger charge is -2.39. The van der Waals surface area contributed by atoms with Crippen molar-refractivity contribution in [1.82, 2.24) is 14.8 Å². The lowest BCUT2D eigenvalue weighted by Crippen LogP contribution is -2.53. The summed E-state index contributed by atoms with van der Waals surface area (Å²) < 4.78 is 11.6. The molecule has 1 atom stereocenters. The van der Waals surface area contributed by atoms with Crippen LogP contribution in [0, 0.1) is 0 Å². The van der Waals surface area contributed by atoms with Crippen LogP contribution < -0.4 is 14.4 Å². The number of para-hydroxylation sites is 1. The molecule has 1 aromatic heterocycles. The zero-order valence-electron chi connectivity index (χ0n) is 18.9. The number of amidine groups is 1. The largest absolute Gasteiger partial charge is 0.486 e. The first kappa shape index (κ1) is 21.5. The van der Waals surface area contributed by atoms with E-state index in [0.29, 0.717) is 32.1 Å². The summed E-state index contributed by atoms with van der Waals surface area (Å²) in [6.07, 6.45) is 5.21. The van der Waals surface area contributed by atoms with Crippen LogP contribution in [0.1, 0.15) is 12.5 Å². The average molecular weight is 448 g/mol. The Hall–Kier alpha value is -3.39. The van der Waals surface area contributed by atoms with E-state index in [1.807, 2.05) is 31.2 Å². The molecule has 0 bridgehead atoms. The highest BCUT2D eigenvalue weighted by molar-refractivity contribution is 6.15. The van der Waals surface area contributed by atoms with Crippen molar-refractivity contribution in [2.24, 2.45) is 4.99 Å². The Morgan fingerprint density at radius 1 is 1.12 bits per heavy atom. The molecule has 33 heavy (non-hydrogen) atoms. The van der Waals surface area contributed by atoms with Crippen LogP contribution in [-0.4, -0.2) is 84.5 Å². The quantitative estimate of drug-likeness (QED) is 0.633. The summed E-state index contributed by atoms with van der Waals surface area (Å²) >= 11 is 0. The number of piperazine rings is 1. The fourth-order valence-electron chi connectivity index (χ4n) is 4.74. The minimum absolute atomic E-state index is 0.00589. The van der Waals surface area contributed by atoms with Crippen molar-refractivity contribution in [1.29, 1.82) is 0 Å². The zero-order valence-corrected chi connectivity index (χ0v) is 18.9. The second kappa shape index (κ2) is 8.86. The summed E-state index contributed by atoms with van der Waals surface area (Å²) in [6, 6.07) is 9.85. The van der Waals surface area contributed by atoms with Gasteiger partial charge in [-0.3, -0.25) is 19.6 Å². The molecule has 0 saturated carbocycles. The summed E-state index contributed by atoms with van der Waals surface area (Å²) in [5.41, 5.74) is 1.08. The molecule has 8 heteroatoms. The fraction of sp³-hybridized carbons (Fsp3) is 0.400. The molecule has 8 nitrogen and oxygen atoms in total. The Balaban J connectivity index is 1.30. The highest BCUT2D eigenvalue weighted by Crippen LogP contribution is 2.40. The van der Waals surface area contributed by atoms with Crippen molar-refractivity contribution in [3.8, 4) is 11.5 Å². The second-order valence-electron chi connectivity index (χ2n) is 8.72. The van der Waals surface area contributed by atoms with E-state index in [2.05, 4.69) is 27.4 Å².